The first kappa shape index (κ1) is 11.3. The first-order valence-electron chi connectivity index (χ1n) is 5.46. The van der Waals surface area contributed by atoms with Crippen molar-refractivity contribution in [2.24, 2.45) is 0 Å². The maximum absolute atomic E-state index is 14.1. The van der Waals surface area contributed by atoms with Crippen molar-refractivity contribution in [1.82, 2.24) is 5.32 Å². The Hall–Kier alpha value is -1.16. The zero-order valence-corrected chi connectivity index (χ0v) is 9.01. The lowest BCUT2D eigenvalue weighted by molar-refractivity contribution is 0.0593. The summed E-state index contributed by atoms with van der Waals surface area (Å²) in [6, 6.07) is 5.63. The summed E-state index contributed by atoms with van der Waals surface area (Å²) in [5, 5.41) is 3.01. The zero-order valence-electron chi connectivity index (χ0n) is 9.01. The lowest BCUT2D eigenvalue weighted by Gasteiger charge is -2.29. The van der Waals surface area contributed by atoms with Crippen molar-refractivity contribution < 1.29 is 13.5 Å². The molecule has 1 aromatic carbocycles. The molecule has 1 N–H and O–H groups in total. The van der Waals surface area contributed by atoms with E-state index < -0.39 is 5.67 Å². The van der Waals surface area contributed by atoms with Gasteiger partial charge in [0.05, 0.1) is 0 Å². The number of hydrogen-bond acceptors (Lipinski definition) is 2. The van der Waals surface area contributed by atoms with Crippen LogP contribution in [0.4, 0.5) is 8.78 Å². The molecule has 0 saturated carbocycles. The predicted molar refractivity (Wildman–Crippen MR) is 57.8 cm³/mol. The van der Waals surface area contributed by atoms with Crippen LogP contribution in [0, 0.1) is 5.82 Å². The van der Waals surface area contributed by atoms with Gasteiger partial charge in [-0.05, 0) is 43.7 Å². The van der Waals surface area contributed by atoms with Crippen LogP contribution in [0.2, 0.25) is 0 Å². The highest BCUT2D eigenvalue weighted by Gasteiger charge is 2.32. The highest BCUT2D eigenvalue weighted by atomic mass is 19.1. The maximum Gasteiger partial charge on any atom is 0.157 e. The SMILES string of the molecule is Fc1ccc(OC[C@]2(F)CCCNC2)cc1. The monoisotopic (exact) mass is 227 g/mol. The van der Waals surface area contributed by atoms with E-state index in [2.05, 4.69) is 5.32 Å². The highest BCUT2D eigenvalue weighted by molar-refractivity contribution is 5.22. The van der Waals surface area contributed by atoms with Crippen LogP contribution in [0.25, 0.3) is 0 Å². The van der Waals surface area contributed by atoms with Crippen molar-refractivity contribution in [1.29, 1.82) is 0 Å². The molecule has 2 nitrogen and oxygen atoms in total. The third-order valence-corrected chi connectivity index (χ3v) is 2.73. The Morgan fingerprint density at radius 2 is 2.06 bits per heavy atom. The van der Waals surface area contributed by atoms with E-state index in [0.29, 0.717) is 18.7 Å². The van der Waals surface area contributed by atoms with Crippen LogP contribution in [0.15, 0.2) is 24.3 Å². The van der Waals surface area contributed by atoms with Crippen molar-refractivity contribution in [2.75, 3.05) is 19.7 Å². The number of alkyl halides is 1. The molecule has 1 fully saturated rings. The Morgan fingerprint density at radius 1 is 1.31 bits per heavy atom. The second kappa shape index (κ2) is 4.78. The molecule has 0 aliphatic carbocycles. The Bertz CT molecular complexity index is 333. The zero-order chi connectivity index (χ0) is 11.4. The minimum Gasteiger partial charge on any atom is -0.490 e. The number of hydrogen-bond donors (Lipinski definition) is 1. The van der Waals surface area contributed by atoms with Gasteiger partial charge in [0.2, 0.25) is 0 Å². The van der Waals surface area contributed by atoms with Crippen molar-refractivity contribution in [3.05, 3.63) is 30.1 Å². The molecule has 0 unspecified atom stereocenters. The summed E-state index contributed by atoms with van der Waals surface area (Å²) in [6.45, 7) is 1.21. The molecule has 1 saturated heterocycles. The van der Waals surface area contributed by atoms with Crippen LogP contribution >= 0.6 is 0 Å². The second-order valence-electron chi connectivity index (χ2n) is 4.17. The Kier molecular flexibility index (Phi) is 3.39. The topological polar surface area (TPSA) is 21.3 Å². The smallest absolute Gasteiger partial charge is 0.157 e. The number of halogens is 2. The number of benzene rings is 1. The fourth-order valence-electron chi connectivity index (χ4n) is 1.80. The molecule has 1 aliphatic rings. The fraction of sp³-hybridized carbons (Fsp3) is 0.500. The minimum absolute atomic E-state index is 0.0195. The Balaban J connectivity index is 1.88. The molecule has 4 heteroatoms. The third kappa shape index (κ3) is 2.92. The third-order valence-electron chi connectivity index (χ3n) is 2.73. The molecule has 16 heavy (non-hydrogen) atoms. The van der Waals surface area contributed by atoms with Gasteiger partial charge in [-0.3, -0.25) is 0 Å². The molecule has 1 heterocycles. The minimum atomic E-state index is -1.30. The second-order valence-corrected chi connectivity index (χ2v) is 4.17. The highest BCUT2D eigenvalue weighted by Crippen LogP contribution is 2.22. The van der Waals surface area contributed by atoms with Gasteiger partial charge in [0.25, 0.3) is 0 Å². The number of piperidine rings is 1. The average Bonchev–Trinajstić information content (AvgIpc) is 2.29. The van der Waals surface area contributed by atoms with E-state index >= 15 is 0 Å². The van der Waals surface area contributed by atoms with Crippen molar-refractivity contribution in [2.45, 2.75) is 18.5 Å². The first-order valence-corrected chi connectivity index (χ1v) is 5.46. The van der Waals surface area contributed by atoms with E-state index in [0.717, 1.165) is 13.0 Å². The first-order chi connectivity index (χ1) is 7.68. The maximum atomic E-state index is 14.1. The number of ether oxygens (including phenoxy) is 1. The normalized spacial score (nSPS) is 25.4. The Labute approximate surface area is 93.6 Å². The average molecular weight is 227 g/mol. The fourth-order valence-corrected chi connectivity index (χ4v) is 1.80. The summed E-state index contributed by atoms with van der Waals surface area (Å²) < 4.78 is 32.0. The van der Waals surface area contributed by atoms with Gasteiger partial charge < -0.3 is 10.1 Å². The Morgan fingerprint density at radius 3 is 2.69 bits per heavy atom. The van der Waals surface area contributed by atoms with Gasteiger partial charge >= 0.3 is 0 Å². The summed E-state index contributed by atoms with van der Waals surface area (Å²) in [5.41, 5.74) is -1.30. The summed E-state index contributed by atoms with van der Waals surface area (Å²) in [5.74, 6) is 0.186. The molecule has 0 aromatic heterocycles. The van der Waals surface area contributed by atoms with Gasteiger partial charge in [-0.1, -0.05) is 0 Å². The molecule has 2 rings (SSSR count). The molecule has 0 bridgehead atoms. The van der Waals surface area contributed by atoms with E-state index in [1.807, 2.05) is 0 Å². The summed E-state index contributed by atoms with van der Waals surface area (Å²) in [4.78, 5) is 0. The summed E-state index contributed by atoms with van der Waals surface area (Å²) in [7, 11) is 0. The molecular weight excluding hydrogens is 212 g/mol. The van der Waals surface area contributed by atoms with Crippen LogP contribution in [0.3, 0.4) is 0 Å². The number of rotatable bonds is 3. The van der Waals surface area contributed by atoms with Gasteiger partial charge in [-0.25, -0.2) is 8.78 Å². The van der Waals surface area contributed by atoms with E-state index in [4.69, 9.17) is 4.74 Å². The predicted octanol–water partition coefficient (Wildman–Crippen LogP) is 2.30. The molecule has 1 aromatic rings. The largest absolute Gasteiger partial charge is 0.490 e. The molecule has 88 valence electrons. The molecule has 0 radical (unpaired) electrons. The van der Waals surface area contributed by atoms with Gasteiger partial charge in [-0.15, -0.1) is 0 Å². The van der Waals surface area contributed by atoms with Crippen molar-refractivity contribution in [3.63, 3.8) is 0 Å². The molecular formula is C12H15F2NO. The van der Waals surface area contributed by atoms with E-state index in [-0.39, 0.29) is 12.4 Å². The molecule has 1 aliphatic heterocycles. The van der Waals surface area contributed by atoms with Crippen molar-refractivity contribution in [3.8, 4) is 5.75 Å². The van der Waals surface area contributed by atoms with Crippen LogP contribution < -0.4 is 10.1 Å². The van der Waals surface area contributed by atoms with Crippen LogP contribution in [-0.2, 0) is 0 Å². The summed E-state index contributed by atoms with van der Waals surface area (Å²) in [6.07, 6.45) is 1.34. The standard InChI is InChI=1S/C12H15F2NO/c13-10-2-4-11(5-3-10)16-9-12(14)6-1-7-15-8-12/h2-5,15H,1,6-9H2/t12-/m0/s1. The van der Waals surface area contributed by atoms with Crippen molar-refractivity contribution >= 4 is 0 Å². The summed E-state index contributed by atoms with van der Waals surface area (Å²) >= 11 is 0. The quantitative estimate of drug-likeness (QED) is 0.855. The van der Waals surface area contributed by atoms with E-state index in [1.54, 1.807) is 0 Å². The van der Waals surface area contributed by atoms with E-state index in [9.17, 15) is 8.78 Å². The lowest BCUT2D eigenvalue weighted by atomic mass is 9.97. The van der Waals surface area contributed by atoms with Gasteiger partial charge in [-0.2, -0.15) is 0 Å². The van der Waals surface area contributed by atoms with Gasteiger partial charge in [0.1, 0.15) is 18.2 Å². The number of nitrogens with one attached hydrogen (secondary N) is 1. The van der Waals surface area contributed by atoms with E-state index in [1.165, 1.54) is 24.3 Å². The van der Waals surface area contributed by atoms with Crippen LogP contribution in [-0.4, -0.2) is 25.4 Å². The lowest BCUT2D eigenvalue weighted by Crippen LogP contribution is -2.46. The molecule has 0 amide bonds. The van der Waals surface area contributed by atoms with Gasteiger partial charge in [0.15, 0.2) is 5.67 Å². The molecule has 1 atom stereocenters. The van der Waals surface area contributed by atoms with Crippen LogP contribution in [0.5, 0.6) is 5.75 Å². The van der Waals surface area contributed by atoms with Crippen LogP contribution in [0.1, 0.15) is 12.8 Å². The molecule has 0 spiro atoms. The van der Waals surface area contributed by atoms with Gasteiger partial charge in [0, 0.05) is 6.54 Å².